The maximum atomic E-state index is 13.4. The Morgan fingerprint density at radius 1 is 0.892 bits per heavy atom. The highest BCUT2D eigenvalue weighted by molar-refractivity contribution is 6.32. The fourth-order valence-corrected chi connectivity index (χ4v) is 4.40. The number of nitrogens with zero attached hydrogens (tertiary/aromatic N) is 1. The smallest absolute Gasteiger partial charge is 0.286 e. The van der Waals surface area contributed by atoms with Crippen molar-refractivity contribution in [1.29, 1.82) is 0 Å². The van der Waals surface area contributed by atoms with E-state index >= 15 is 0 Å². The Hall–Kier alpha value is -3.67. The largest absolute Gasteiger partial charge is 0.493 e. The third kappa shape index (κ3) is 6.37. The second-order valence-electron chi connectivity index (χ2n) is 8.66. The second kappa shape index (κ2) is 11.6. The Morgan fingerprint density at radius 3 is 2.38 bits per heavy atom. The number of fused-ring (bicyclic) bond motifs is 1. The molecule has 0 aliphatic carbocycles. The average Bonchev–Trinajstić information content (AvgIpc) is 2.93. The standard InChI is InChI=1S/C30H25Cl2NO4/c31-24-10-14-26(15-11-24)37-33(17-16-21-5-2-1-3-6-21)30(34)22-8-12-25(13-9-22)36-29-20-28-23(19-27(29)32)7-4-18-35-28/h1-3,5-6,8-15,19-20H,4,7,16-18H2. The van der Waals surface area contributed by atoms with Gasteiger partial charge in [-0.15, -0.1) is 0 Å². The monoisotopic (exact) mass is 533 g/mol. The van der Waals surface area contributed by atoms with Crippen LogP contribution in [0.5, 0.6) is 23.0 Å². The SMILES string of the molecule is O=C(c1ccc(Oc2cc3c(cc2Cl)CCCO3)cc1)N(CCc1ccccc1)Oc1ccc(Cl)cc1. The number of amides is 1. The predicted octanol–water partition coefficient (Wildman–Crippen LogP) is 7.79. The third-order valence-corrected chi connectivity index (χ3v) is 6.54. The minimum Gasteiger partial charge on any atom is -0.493 e. The normalized spacial score (nSPS) is 12.3. The molecule has 0 N–H and O–H groups in total. The Bertz CT molecular complexity index is 1360. The molecule has 0 fully saturated rings. The van der Waals surface area contributed by atoms with Gasteiger partial charge in [-0.3, -0.25) is 4.79 Å². The van der Waals surface area contributed by atoms with Crippen LogP contribution in [0.1, 0.15) is 27.9 Å². The van der Waals surface area contributed by atoms with E-state index in [4.69, 9.17) is 37.5 Å². The number of benzene rings is 4. The first-order chi connectivity index (χ1) is 18.0. The lowest BCUT2D eigenvalue weighted by Crippen LogP contribution is -2.36. The minimum atomic E-state index is -0.266. The lowest BCUT2D eigenvalue weighted by atomic mass is 10.1. The van der Waals surface area contributed by atoms with Gasteiger partial charge in [0, 0.05) is 16.7 Å². The van der Waals surface area contributed by atoms with E-state index < -0.39 is 0 Å². The van der Waals surface area contributed by atoms with Crippen LogP contribution in [0, 0.1) is 0 Å². The molecule has 0 aromatic heterocycles. The summed E-state index contributed by atoms with van der Waals surface area (Å²) in [6.07, 6.45) is 2.55. The Morgan fingerprint density at radius 2 is 1.62 bits per heavy atom. The average molecular weight is 534 g/mol. The molecule has 1 amide bonds. The maximum Gasteiger partial charge on any atom is 0.286 e. The maximum absolute atomic E-state index is 13.4. The summed E-state index contributed by atoms with van der Waals surface area (Å²) >= 11 is 12.4. The lowest BCUT2D eigenvalue weighted by Gasteiger charge is -2.23. The molecule has 5 rings (SSSR count). The van der Waals surface area contributed by atoms with Crippen LogP contribution in [-0.2, 0) is 12.8 Å². The van der Waals surface area contributed by atoms with Gasteiger partial charge in [-0.05, 0) is 85.0 Å². The Kier molecular flexibility index (Phi) is 7.83. The van der Waals surface area contributed by atoms with Crippen molar-refractivity contribution in [3.63, 3.8) is 0 Å². The molecule has 0 bridgehead atoms. The molecule has 0 saturated heterocycles. The number of halogens is 2. The van der Waals surface area contributed by atoms with E-state index in [1.165, 1.54) is 5.06 Å². The number of carbonyl (C=O) groups excluding carboxylic acids is 1. The molecule has 4 aromatic carbocycles. The fourth-order valence-electron chi connectivity index (χ4n) is 4.05. The van der Waals surface area contributed by atoms with Gasteiger partial charge in [0.05, 0.1) is 18.2 Å². The van der Waals surface area contributed by atoms with Crippen LogP contribution >= 0.6 is 23.2 Å². The number of hydrogen-bond donors (Lipinski definition) is 0. The van der Waals surface area contributed by atoms with E-state index in [0.29, 0.717) is 52.4 Å². The first-order valence-electron chi connectivity index (χ1n) is 12.1. The zero-order valence-electron chi connectivity index (χ0n) is 20.0. The van der Waals surface area contributed by atoms with Gasteiger partial charge in [-0.1, -0.05) is 53.5 Å². The molecular formula is C30H25Cl2NO4. The van der Waals surface area contributed by atoms with E-state index in [-0.39, 0.29) is 5.91 Å². The van der Waals surface area contributed by atoms with Gasteiger partial charge in [0.15, 0.2) is 5.75 Å². The highest BCUT2D eigenvalue weighted by atomic mass is 35.5. The van der Waals surface area contributed by atoms with E-state index in [2.05, 4.69) is 0 Å². The summed E-state index contributed by atoms with van der Waals surface area (Å²) < 4.78 is 11.7. The number of hydroxylamine groups is 2. The van der Waals surface area contributed by atoms with Gasteiger partial charge in [0.1, 0.15) is 17.2 Å². The minimum absolute atomic E-state index is 0.266. The van der Waals surface area contributed by atoms with Crippen LogP contribution in [-0.4, -0.2) is 24.1 Å². The summed E-state index contributed by atoms with van der Waals surface area (Å²) in [4.78, 5) is 19.4. The van der Waals surface area contributed by atoms with Crippen molar-refractivity contribution in [3.05, 3.63) is 118 Å². The summed E-state index contributed by atoms with van der Waals surface area (Å²) in [5, 5.41) is 2.48. The van der Waals surface area contributed by atoms with Crippen molar-refractivity contribution in [3.8, 4) is 23.0 Å². The molecule has 1 aliphatic heterocycles. The van der Waals surface area contributed by atoms with Gasteiger partial charge in [-0.25, -0.2) is 0 Å². The van der Waals surface area contributed by atoms with E-state index in [1.807, 2.05) is 42.5 Å². The van der Waals surface area contributed by atoms with Crippen LogP contribution in [0.25, 0.3) is 0 Å². The molecule has 7 heteroatoms. The van der Waals surface area contributed by atoms with Crippen LogP contribution in [0.4, 0.5) is 0 Å². The van der Waals surface area contributed by atoms with Gasteiger partial charge < -0.3 is 14.3 Å². The molecule has 37 heavy (non-hydrogen) atoms. The van der Waals surface area contributed by atoms with Crippen LogP contribution < -0.4 is 14.3 Å². The van der Waals surface area contributed by atoms with Gasteiger partial charge in [-0.2, -0.15) is 5.06 Å². The zero-order chi connectivity index (χ0) is 25.6. The molecule has 0 unspecified atom stereocenters. The van der Waals surface area contributed by atoms with Crippen molar-refractivity contribution >= 4 is 29.1 Å². The molecular weight excluding hydrogens is 509 g/mol. The number of hydrogen-bond acceptors (Lipinski definition) is 4. The van der Waals surface area contributed by atoms with Crippen molar-refractivity contribution in [2.45, 2.75) is 19.3 Å². The predicted molar refractivity (Wildman–Crippen MR) is 145 cm³/mol. The lowest BCUT2D eigenvalue weighted by molar-refractivity contribution is -0.0323. The Labute approximate surface area is 226 Å². The molecule has 0 atom stereocenters. The van der Waals surface area contributed by atoms with Crippen molar-refractivity contribution < 1.29 is 19.1 Å². The molecule has 0 saturated carbocycles. The van der Waals surface area contributed by atoms with E-state index in [0.717, 1.165) is 29.7 Å². The van der Waals surface area contributed by atoms with E-state index in [1.54, 1.807) is 48.5 Å². The highest BCUT2D eigenvalue weighted by Gasteiger charge is 2.19. The third-order valence-electron chi connectivity index (χ3n) is 5.99. The fraction of sp³-hybridized carbons (Fsp3) is 0.167. The van der Waals surface area contributed by atoms with Crippen molar-refractivity contribution in [1.82, 2.24) is 5.06 Å². The summed E-state index contributed by atoms with van der Waals surface area (Å²) in [5.74, 6) is 2.12. The zero-order valence-corrected chi connectivity index (χ0v) is 21.5. The number of carbonyl (C=O) groups is 1. The van der Waals surface area contributed by atoms with Gasteiger partial charge >= 0.3 is 0 Å². The van der Waals surface area contributed by atoms with Crippen LogP contribution in [0.15, 0.2) is 91.0 Å². The van der Waals surface area contributed by atoms with Gasteiger partial charge in [0.25, 0.3) is 5.91 Å². The highest BCUT2D eigenvalue weighted by Crippen LogP contribution is 2.37. The first-order valence-corrected chi connectivity index (χ1v) is 12.8. The molecule has 188 valence electrons. The number of ether oxygens (including phenoxy) is 2. The molecule has 0 spiro atoms. The van der Waals surface area contributed by atoms with Crippen molar-refractivity contribution in [2.75, 3.05) is 13.2 Å². The molecule has 4 aromatic rings. The quantitative estimate of drug-likeness (QED) is 0.217. The van der Waals surface area contributed by atoms with E-state index in [9.17, 15) is 4.79 Å². The number of aryl methyl sites for hydroxylation is 1. The summed E-state index contributed by atoms with van der Waals surface area (Å²) in [6.45, 7) is 1.05. The van der Waals surface area contributed by atoms with Crippen LogP contribution in [0.2, 0.25) is 10.0 Å². The molecule has 5 nitrogen and oxygen atoms in total. The van der Waals surface area contributed by atoms with Crippen LogP contribution in [0.3, 0.4) is 0 Å². The number of rotatable bonds is 8. The van der Waals surface area contributed by atoms with Gasteiger partial charge in [0.2, 0.25) is 0 Å². The van der Waals surface area contributed by atoms with Crippen molar-refractivity contribution in [2.24, 2.45) is 0 Å². The first kappa shape index (κ1) is 25.0. The second-order valence-corrected chi connectivity index (χ2v) is 9.50. The summed E-state index contributed by atoms with van der Waals surface area (Å²) in [6, 6.07) is 27.5. The molecule has 0 radical (unpaired) electrons. The molecule has 1 aliphatic rings. The summed E-state index contributed by atoms with van der Waals surface area (Å²) in [5.41, 5.74) is 2.66. The topological polar surface area (TPSA) is 48.0 Å². The summed E-state index contributed by atoms with van der Waals surface area (Å²) in [7, 11) is 0. The Balaban J connectivity index is 1.31. The molecule has 1 heterocycles.